The standard InChI is InChI=1S/C24H25F3N2O4S/c1-4-33-23(30)22-16(2)19(17(3)28-22)15-29(14-18-10-6-5-7-11-18)34(31,32)21-13-9-8-12-20(21)24(25,26)27/h5-13,28H,4,14-15H2,1-3H3. The molecule has 0 atom stereocenters. The van der Waals surface area contributed by atoms with Crippen molar-refractivity contribution in [1.82, 2.24) is 9.29 Å². The molecule has 182 valence electrons. The lowest BCUT2D eigenvalue weighted by molar-refractivity contribution is -0.139. The van der Waals surface area contributed by atoms with Gasteiger partial charge in [0.2, 0.25) is 10.0 Å². The fraction of sp³-hybridized carbons (Fsp3) is 0.292. The van der Waals surface area contributed by atoms with E-state index in [1.54, 1.807) is 51.1 Å². The van der Waals surface area contributed by atoms with Crippen LogP contribution in [0.25, 0.3) is 0 Å². The molecule has 3 rings (SSSR count). The largest absolute Gasteiger partial charge is 0.461 e. The first-order valence-corrected chi connectivity index (χ1v) is 12.0. The van der Waals surface area contributed by atoms with Crippen molar-refractivity contribution in [1.29, 1.82) is 0 Å². The molecule has 0 spiro atoms. The quantitative estimate of drug-likeness (QED) is 0.436. The summed E-state index contributed by atoms with van der Waals surface area (Å²) in [7, 11) is -4.58. The summed E-state index contributed by atoms with van der Waals surface area (Å²) in [4.78, 5) is 14.4. The second-order valence-electron chi connectivity index (χ2n) is 7.70. The number of carbonyl (C=O) groups is 1. The van der Waals surface area contributed by atoms with Crippen LogP contribution in [0.2, 0.25) is 0 Å². The SMILES string of the molecule is CCOC(=O)c1[nH]c(C)c(CN(Cc2ccccc2)S(=O)(=O)c2ccccc2C(F)(F)F)c1C. The number of nitrogens with zero attached hydrogens (tertiary/aromatic N) is 1. The van der Waals surface area contributed by atoms with Gasteiger partial charge in [0.1, 0.15) is 5.69 Å². The third-order valence-electron chi connectivity index (χ3n) is 5.42. The fourth-order valence-corrected chi connectivity index (χ4v) is 5.30. The zero-order valence-electron chi connectivity index (χ0n) is 18.9. The molecule has 3 aromatic rings. The van der Waals surface area contributed by atoms with Gasteiger partial charge in [-0.25, -0.2) is 13.2 Å². The van der Waals surface area contributed by atoms with Gasteiger partial charge in [0.25, 0.3) is 0 Å². The Morgan fingerprint density at radius 2 is 1.62 bits per heavy atom. The number of halogens is 3. The molecule has 0 radical (unpaired) electrons. The lowest BCUT2D eigenvalue weighted by atomic mass is 10.1. The van der Waals surface area contributed by atoms with E-state index >= 15 is 0 Å². The van der Waals surface area contributed by atoms with Gasteiger partial charge in [-0.3, -0.25) is 0 Å². The Morgan fingerprint density at radius 1 is 1.00 bits per heavy atom. The molecule has 0 unspecified atom stereocenters. The second kappa shape index (κ2) is 10.0. The maximum Gasteiger partial charge on any atom is 0.417 e. The number of rotatable bonds is 8. The highest BCUT2D eigenvalue weighted by molar-refractivity contribution is 7.89. The highest BCUT2D eigenvalue weighted by atomic mass is 32.2. The van der Waals surface area contributed by atoms with E-state index in [1.165, 1.54) is 6.07 Å². The number of sulfonamides is 1. The Morgan fingerprint density at radius 3 is 2.24 bits per heavy atom. The van der Waals surface area contributed by atoms with Crippen molar-refractivity contribution >= 4 is 16.0 Å². The fourth-order valence-electron chi connectivity index (χ4n) is 3.69. The summed E-state index contributed by atoms with van der Waals surface area (Å²) >= 11 is 0. The number of benzene rings is 2. The van der Waals surface area contributed by atoms with E-state index < -0.39 is 32.6 Å². The van der Waals surface area contributed by atoms with Gasteiger partial charge in [0.05, 0.1) is 17.1 Å². The smallest absolute Gasteiger partial charge is 0.417 e. The van der Waals surface area contributed by atoms with E-state index in [4.69, 9.17) is 4.74 Å². The van der Waals surface area contributed by atoms with Crippen LogP contribution in [0, 0.1) is 13.8 Å². The lowest BCUT2D eigenvalue weighted by Crippen LogP contribution is -2.32. The molecule has 0 aliphatic rings. The number of nitrogens with one attached hydrogen (secondary N) is 1. The van der Waals surface area contributed by atoms with E-state index in [1.807, 2.05) is 0 Å². The third kappa shape index (κ3) is 5.34. The number of aryl methyl sites for hydroxylation is 1. The molecule has 1 heterocycles. The van der Waals surface area contributed by atoms with Crippen LogP contribution >= 0.6 is 0 Å². The van der Waals surface area contributed by atoms with Crippen LogP contribution in [-0.2, 0) is 34.0 Å². The van der Waals surface area contributed by atoms with E-state index in [2.05, 4.69) is 4.98 Å². The Bertz CT molecular complexity index is 1270. The van der Waals surface area contributed by atoms with E-state index in [0.717, 1.165) is 22.5 Å². The molecule has 0 bridgehead atoms. The molecule has 0 aliphatic carbocycles. The van der Waals surface area contributed by atoms with Gasteiger partial charge < -0.3 is 9.72 Å². The summed E-state index contributed by atoms with van der Waals surface area (Å²) in [5.74, 6) is -0.589. The van der Waals surface area contributed by atoms with Crippen molar-refractivity contribution in [2.75, 3.05) is 6.61 Å². The van der Waals surface area contributed by atoms with Gasteiger partial charge in [-0.05, 0) is 49.6 Å². The Labute approximate surface area is 196 Å². The highest BCUT2D eigenvalue weighted by Crippen LogP contribution is 2.36. The number of carbonyl (C=O) groups excluding carboxylic acids is 1. The van der Waals surface area contributed by atoms with Gasteiger partial charge in [0, 0.05) is 18.8 Å². The van der Waals surface area contributed by atoms with Crippen molar-refractivity contribution in [3.63, 3.8) is 0 Å². The average molecular weight is 495 g/mol. The predicted octanol–water partition coefficient (Wildman–Crippen LogP) is 5.22. The summed E-state index contributed by atoms with van der Waals surface area (Å²) in [6.07, 6.45) is -4.85. The maximum atomic E-state index is 13.6. The number of alkyl halides is 3. The molecule has 0 amide bonds. The summed E-state index contributed by atoms with van der Waals surface area (Å²) in [5, 5.41) is 0. The number of aromatic nitrogens is 1. The number of hydrogen-bond donors (Lipinski definition) is 1. The summed E-state index contributed by atoms with van der Waals surface area (Å²) in [6.45, 7) is 4.74. The first-order valence-electron chi connectivity index (χ1n) is 10.5. The maximum absolute atomic E-state index is 13.6. The van der Waals surface area contributed by atoms with Crippen molar-refractivity contribution < 1.29 is 31.1 Å². The number of ether oxygens (including phenoxy) is 1. The Balaban J connectivity index is 2.11. The zero-order chi connectivity index (χ0) is 25.1. The van der Waals surface area contributed by atoms with Crippen molar-refractivity contribution in [3.05, 3.63) is 88.2 Å². The molecule has 0 fully saturated rings. The predicted molar refractivity (Wildman–Crippen MR) is 121 cm³/mol. The molecule has 0 saturated carbocycles. The van der Waals surface area contributed by atoms with Gasteiger partial charge in [-0.2, -0.15) is 17.5 Å². The lowest BCUT2D eigenvalue weighted by Gasteiger charge is -2.25. The normalized spacial score (nSPS) is 12.2. The minimum absolute atomic E-state index is 0.159. The van der Waals surface area contributed by atoms with Crippen LogP contribution in [0.3, 0.4) is 0 Å². The monoisotopic (exact) mass is 494 g/mol. The van der Waals surface area contributed by atoms with Gasteiger partial charge in [-0.1, -0.05) is 42.5 Å². The molecule has 6 nitrogen and oxygen atoms in total. The van der Waals surface area contributed by atoms with Gasteiger partial charge in [-0.15, -0.1) is 0 Å². The summed E-state index contributed by atoms with van der Waals surface area (Å²) in [6, 6.07) is 12.7. The van der Waals surface area contributed by atoms with Crippen LogP contribution in [0.15, 0.2) is 59.5 Å². The van der Waals surface area contributed by atoms with E-state index in [0.29, 0.717) is 22.4 Å². The molecule has 1 N–H and O–H groups in total. The van der Waals surface area contributed by atoms with Crippen LogP contribution in [0.4, 0.5) is 13.2 Å². The highest BCUT2D eigenvalue weighted by Gasteiger charge is 2.39. The number of esters is 1. The topological polar surface area (TPSA) is 79.5 Å². The van der Waals surface area contributed by atoms with Crippen molar-refractivity contribution in [3.8, 4) is 0 Å². The first-order chi connectivity index (χ1) is 16.0. The molecule has 10 heteroatoms. The summed E-state index contributed by atoms with van der Waals surface area (Å²) < 4.78 is 74.2. The minimum Gasteiger partial charge on any atom is -0.461 e. The number of hydrogen-bond acceptors (Lipinski definition) is 4. The van der Waals surface area contributed by atoms with E-state index in [9.17, 15) is 26.4 Å². The molecule has 2 aromatic carbocycles. The molecular weight excluding hydrogens is 469 g/mol. The molecular formula is C24H25F3N2O4S. The van der Waals surface area contributed by atoms with E-state index in [-0.39, 0.29) is 25.4 Å². The van der Waals surface area contributed by atoms with Crippen LogP contribution in [0.1, 0.15) is 45.4 Å². The number of H-pyrrole nitrogens is 1. The number of aromatic amines is 1. The molecule has 34 heavy (non-hydrogen) atoms. The van der Waals surface area contributed by atoms with Crippen LogP contribution in [0.5, 0.6) is 0 Å². The second-order valence-corrected chi connectivity index (χ2v) is 9.61. The zero-order valence-corrected chi connectivity index (χ0v) is 19.8. The van der Waals surface area contributed by atoms with Gasteiger partial charge >= 0.3 is 12.1 Å². The molecule has 0 aliphatic heterocycles. The third-order valence-corrected chi connectivity index (χ3v) is 7.27. The Hall–Kier alpha value is -3.11. The van der Waals surface area contributed by atoms with Crippen molar-refractivity contribution in [2.24, 2.45) is 0 Å². The molecule has 1 aromatic heterocycles. The Kier molecular flexibility index (Phi) is 7.52. The summed E-state index contributed by atoms with van der Waals surface area (Å²) in [5.41, 5.74) is 1.05. The molecule has 0 saturated heterocycles. The first kappa shape index (κ1) is 25.5. The van der Waals surface area contributed by atoms with Crippen LogP contribution in [-0.4, -0.2) is 30.3 Å². The average Bonchev–Trinajstić information content (AvgIpc) is 3.07. The van der Waals surface area contributed by atoms with Crippen LogP contribution < -0.4 is 0 Å². The van der Waals surface area contributed by atoms with Gasteiger partial charge in [0.15, 0.2) is 0 Å². The minimum atomic E-state index is -4.85. The van der Waals surface area contributed by atoms with Crippen molar-refractivity contribution in [2.45, 2.75) is 44.9 Å².